The largest absolute Gasteiger partial charge is 0.365 e. The van der Waals surface area contributed by atoms with Crippen LogP contribution in [0.4, 0.5) is 0 Å². The van der Waals surface area contributed by atoms with E-state index in [4.69, 9.17) is 4.74 Å². The molecule has 0 spiro atoms. The van der Waals surface area contributed by atoms with E-state index in [9.17, 15) is 0 Å². The van der Waals surface area contributed by atoms with Crippen molar-refractivity contribution in [3.05, 3.63) is 83.9 Å². The van der Waals surface area contributed by atoms with E-state index in [1.165, 1.54) is 16.7 Å². The van der Waals surface area contributed by atoms with Crippen LogP contribution < -0.4 is 0 Å². The predicted molar refractivity (Wildman–Crippen MR) is 82.5 cm³/mol. The summed E-state index contributed by atoms with van der Waals surface area (Å²) in [4.78, 5) is 0. The first-order chi connectivity index (χ1) is 9.78. The van der Waals surface area contributed by atoms with E-state index in [0.29, 0.717) is 5.92 Å². The van der Waals surface area contributed by atoms with Crippen molar-refractivity contribution in [1.82, 2.24) is 0 Å². The first-order valence-electron chi connectivity index (χ1n) is 7.17. The van der Waals surface area contributed by atoms with Crippen molar-refractivity contribution in [2.45, 2.75) is 25.6 Å². The van der Waals surface area contributed by atoms with Gasteiger partial charge in [-0.1, -0.05) is 66.2 Å². The lowest BCUT2D eigenvalue weighted by Gasteiger charge is -2.16. The zero-order chi connectivity index (χ0) is 13.9. The fourth-order valence-corrected chi connectivity index (χ4v) is 2.89. The van der Waals surface area contributed by atoms with Crippen molar-refractivity contribution in [1.29, 1.82) is 0 Å². The molecular weight excluding hydrogens is 244 g/mol. The third-order valence-electron chi connectivity index (χ3n) is 4.07. The summed E-state index contributed by atoms with van der Waals surface area (Å²) in [7, 11) is 0. The molecule has 3 rings (SSSR count). The molecule has 2 aromatic carbocycles. The average molecular weight is 264 g/mol. The lowest BCUT2D eigenvalue weighted by molar-refractivity contribution is 0.0375. The Hall–Kier alpha value is -1.86. The van der Waals surface area contributed by atoms with Gasteiger partial charge in [-0.15, -0.1) is 6.58 Å². The molecule has 20 heavy (non-hydrogen) atoms. The van der Waals surface area contributed by atoms with Crippen LogP contribution in [0.2, 0.25) is 0 Å². The van der Waals surface area contributed by atoms with Gasteiger partial charge >= 0.3 is 0 Å². The van der Waals surface area contributed by atoms with Crippen LogP contribution >= 0.6 is 0 Å². The fourth-order valence-electron chi connectivity index (χ4n) is 2.89. The quantitative estimate of drug-likeness (QED) is 0.709. The maximum absolute atomic E-state index is 6.31. The van der Waals surface area contributed by atoms with Gasteiger partial charge in [-0.3, -0.25) is 0 Å². The van der Waals surface area contributed by atoms with Crippen LogP contribution in [0.15, 0.2) is 67.3 Å². The van der Waals surface area contributed by atoms with Crippen LogP contribution in [0.3, 0.4) is 0 Å². The molecule has 0 radical (unpaired) electrons. The molecule has 1 aliphatic rings. The monoisotopic (exact) mass is 264 g/mol. The van der Waals surface area contributed by atoms with E-state index >= 15 is 0 Å². The summed E-state index contributed by atoms with van der Waals surface area (Å²) in [6, 6.07) is 19.1. The standard InChI is InChI=1S/C19H20O/c1-3-15-13-18(16-11-9-14(2)10-12-16)20-19(15)17-7-5-4-6-8-17/h3-12,15,18-19H,1,13H2,2H3/t15-,18-,19+/m1/s1. The van der Waals surface area contributed by atoms with E-state index in [1.807, 2.05) is 12.1 Å². The summed E-state index contributed by atoms with van der Waals surface area (Å²) in [6.45, 7) is 6.09. The number of rotatable bonds is 3. The molecule has 1 aliphatic heterocycles. The molecule has 0 unspecified atom stereocenters. The molecule has 1 heterocycles. The van der Waals surface area contributed by atoms with Crippen LogP contribution in [-0.4, -0.2) is 0 Å². The van der Waals surface area contributed by atoms with E-state index in [1.54, 1.807) is 0 Å². The highest BCUT2D eigenvalue weighted by Crippen LogP contribution is 2.45. The molecule has 0 bridgehead atoms. The molecule has 3 atom stereocenters. The van der Waals surface area contributed by atoms with Crippen molar-refractivity contribution < 1.29 is 4.74 Å². The highest BCUT2D eigenvalue weighted by molar-refractivity contribution is 5.26. The molecule has 0 N–H and O–H groups in total. The van der Waals surface area contributed by atoms with Gasteiger partial charge in [-0.2, -0.15) is 0 Å². The van der Waals surface area contributed by atoms with Crippen LogP contribution in [0, 0.1) is 12.8 Å². The minimum absolute atomic E-state index is 0.125. The minimum atomic E-state index is 0.125. The van der Waals surface area contributed by atoms with Crippen LogP contribution in [0.5, 0.6) is 0 Å². The SMILES string of the molecule is C=C[C@@H]1C[C@H](c2ccc(C)cc2)O[C@@H]1c1ccccc1. The summed E-state index contributed by atoms with van der Waals surface area (Å²) in [5.74, 6) is 0.378. The Morgan fingerprint density at radius 2 is 1.70 bits per heavy atom. The van der Waals surface area contributed by atoms with Gasteiger partial charge in [0, 0.05) is 5.92 Å². The summed E-state index contributed by atoms with van der Waals surface area (Å²) < 4.78 is 6.31. The van der Waals surface area contributed by atoms with Crippen molar-refractivity contribution in [3.63, 3.8) is 0 Å². The molecule has 0 amide bonds. The topological polar surface area (TPSA) is 9.23 Å². The molecule has 0 aliphatic carbocycles. The molecule has 1 heteroatoms. The predicted octanol–water partition coefficient (Wildman–Crippen LogP) is 5.00. The first kappa shape index (κ1) is 13.1. The molecule has 1 fully saturated rings. The van der Waals surface area contributed by atoms with Gasteiger partial charge in [0.15, 0.2) is 0 Å². The van der Waals surface area contributed by atoms with Gasteiger partial charge in [0.2, 0.25) is 0 Å². The summed E-state index contributed by atoms with van der Waals surface area (Å²) in [5.41, 5.74) is 3.79. The van der Waals surface area contributed by atoms with Gasteiger partial charge < -0.3 is 4.74 Å². The second-order valence-corrected chi connectivity index (χ2v) is 5.50. The Morgan fingerprint density at radius 3 is 2.35 bits per heavy atom. The van der Waals surface area contributed by atoms with Crippen LogP contribution in [0.1, 0.15) is 35.3 Å². The Morgan fingerprint density at radius 1 is 1.00 bits per heavy atom. The third kappa shape index (κ3) is 2.54. The summed E-state index contributed by atoms with van der Waals surface area (Å²) >= 11 is 0. The molecule has 2 aromatic rings. The van der Waals surface area contributed by atoms with Crippen molar-refractivity contribution in [3.8, 4) is 0 Å². The van der Waals surface area contributed by atoms with Crippen LogP contribution in [0.25, 0.3) is 0 Å². The van der Waals surface area contributed by atoms with E-state index in [2.05, 4.69) is 62.0 Å². The molecule has 0 saturated carbocycles. The summed E-state index contributed by atoms with van der Waals surface area (Å²) in [5, 5.41) is 0. The third-order valence-corrected chi connectivity index (χ3v) is 4.07. The Balaban J connectivity index is 1.84. The highest BCUT2D eigenvalue weighted by Gasteiger charge is 2.34. The second kappa shape index (κ2) is 5.64. The molecule has 102 valence electrons. The lowest BCUT2D eigenvalue weighted by atomic mass is 9.93. The zero-order valence-electron chi connectivity index (χ0n) is 11.8. The van der Waals surface area contributed by atoms with E-state index in [-0.39, 0.29) is 12.2 Å². The van der Waals surface area contributed by atoms with Crippen LogP contribution in [-0.2, 0) is 4.74 Å². The minimum Gasteiger partial charge on any atom is -0.365 e. The van der Waals surface area contributed by atoms with E-state index in [0.717, 1.165) is 6.42 Å². The number of ether oxygens (including phenoxy) is 1. The smallest absolute Gasteiger partial charge is 0.0896 e. The number of hydrogen-bond acceptors (Lipinski definition) is 1. The number of aryl methyl sites for hydroxylation is 1. The van der Waals surface area contributed by atoms with Gasteiger partial charge in [0.1, 0.15) is 0 Å². The number of hydrogen-bond donors (Lipinski definition) is 0. The maximum atomic E-state index is 6.31. The fraction of sp³-hybridized carbons (Fsp3) is 0.263. The van der Waals surface area contributed by atoms with Gasteiger partial charge in [0.25, 0.3) is 0 Å². The Bertz CT molecular complexity index is 570. The second-order valence-electron chi connectivity index (χ2n) is 5.50. The van der Waals surface area contributed by atoms with Crippen molar-refractivity contribution in [2.75, 3.05) is 0 Å². The van der Waals surface area contributed by atoms with Gasteiger partial charge in [0.05, 0.1) is 12.2 Å². The maximum Gasteiger partial charge on any atom is 0.0896 e. The van der Waals surface area contributed by atoms with Crippen molar-refractivity contribution >= 4 is 0 Å². The summed E-state index contributed by atoms with van der Waals surface area (Å²) in [6.07, 6.45) is 3.33. The molecular formula is C19H20O. The highest BCUT2D eigenvalue weighted by atomic mass is 16.5. The first-order valence-corrected chi connectivity index (χ1v) is 7.17. The van der Waals surface area contributed by atoms with Gasteiger partial charge in [-0.25, -0.2) is 0 Å². The Kier molecular flexibility index (Phi) is 3.70. The Labute approximate surface area is 120 Å². The zero-order valence-corrected chi connectivity index (χ0v) is 11.8. The van der Waals surface area contributed by atoms with Crippen molar-refractivity contribution in [2.24, 2.45) is 5.92 Å². The molecule has 0 aromatic heterocycles. The average Bonchev–Trinajstić information content (AvgIpc) is 2.93. The molecule has 1 nitrogen and oxygen atoms in total. The van der Waals surface area contributed by atoms with Gasteiger partial charge in [-0.05, 0) is 24.5 Å². The van der Waals surface area contributed by atoms with E-state index < -0.39 is 0 Å². The lowest BCUT2D eigenvalue weighted by Crippen LogP contribution is -2.04. The normalized spacial score (nSPS) is 25.6. The number of benzene rings is 2. The molecule has 1 saturated heterocycles.